The summed E-state index contributed by atoms with van der Waals surface area (Å²) in [5.41, 5.74) is 0. The Morgan fingerprint density at radius 1 is 0.600 bits per heavy atom. The van der Waals surface area contributed by atoms with Crippen molar-refractivity contribution in [2.24, 2.45) is 0 Å². The van der Waals surface area contributed by atoms with Crippen molar-refractivity contribution in [1.82, 2.24) is 0 Å². The lowest BCUT2D eigenvalue weighted by Crippen LogP contribution is -2.46. The summed E-state index contributed by atoms with van der Waals surface area (Å²) in [4.78, 5) is 0. The minimum absolute atomic E-state index is 0.753. The first-order chi connectivity index (χ1) is 9.50. The lowest BCUT2D eigenvalue weighted by molar-refractivity contribution is -0.911. The van der Waals surface area contributed by atoms with Crippen LogP contribution in [-0.4, -0.2) is 31.2 Å². The highest BCUT2D eigenvalue weighted by molar-refractivity contribution is 4.49. The van der Waals surface area contributed by atoms with E-state index in [1.807, 2.05) is 0 Å². The van der Waals surface area contributed by atoms with E-state index in [0.717, 1.165) is 6.04 Å². The molecule has 20 heavy (non-hydrogen) atoms. The Kier molecular flexibility index (Phi) is 12.7. The van der Waals surface area contributed by atoms with Crippen molar-refractivity contribution >= 4 is 0 Å². The highest BCUT2D eigenvalue weighted by atomic mass is 15.3. The van der Waals surface area contributed by atoms with Gasteiger partial charge in [-0.25, -0.2) is 0 Å². The monoisotopic (exact) mass is 284 g/mol. The maximum absolute atomic E-state index is 2.36. The van der Waals surface area contributed by atoms with E-state index in [9.17, 15) is 0 Å². The van der Waals surface area contributed by atoms with Gasteiger partial charge in [0.1, 0.15) is 0 Å². The molecule has 0 unspecified atom stereocenters. The number of nitrogens with zero attached hydrogens (tertiary/aromatic N) is 1. The van der Waals surface area contributed by atoms with Crippen molar-refractivity contribution < 1.29 is 4.48 Å². The maximum atomic E-state index is 2.36. The SMILES string of the molecule is CCCCCCCCCCCCCC[N+](C)(C)C(C)C. The van der Waals surface area contributed by atoms with Gasteiger partial charge in [0.2, 0.25) is 0 Å². The fraction of sp³-hybridized carbons (Fsp3) is 1.00. The molecule has 0 aromatic rings. The minimum Gasteiger partial charge on any atom is -0.327 e. The van der Waals surface area contributed by atoms with Crippen molar-refractivity contribution in [3.63, 3.8) is 0 Å². The third-order valence-corrected chi connectivity index (χ3v) is 4.99. The second kappa shape index (κ2) is 12.7. The predicted molar refractivity (Wildman–Crippen MR) is 93.2 cm³/mol. The lowest BCUT2D eigenvalue weighted by atomic mass is 10.0. The third kappa shape index (κ3) is 11.8. The molecule has 1 heteroatoms. The van der Waals surface area contributed by atoms with Crippen LogP contribution in [0, 0.1) is 0 Å². The summed E-state index contributed by atoms with van der Waals surface area (Å²) >= 11 is 0. The van der Waals surface area contributed by atoms with Crippen LogP contribution in [0.5, 0.6) is 0 Å². The molecule has 0 atom stereocenters. The van der Waals surface area contributed by atoms with Gasteiger partial charge in [0.25, 0.3) is 0 Å². The van der Waals surface area contributed by atoms with Gasteiger partial charge >= 0.3 is 0 Å². The Hall–Kier alpha value is -0.0400. The summed E-state index contributed by atoms with van der Waals surface area (Å²) in [6.07, 6.45) is 17.4. The molecule has 0 heterocycles. The highest BCUT2D eigenvalue weighted by Gasteiger charge is 2.18. The van der Waals surface area contributed by atoms with Crippen LogP contribution >= 0.6 is 0 Å². The van der Waals surface area contributed by atoms with Gasteiger partial charge in [0, 0.05) is 0 Å². The van der Waals surface area contributed by atoms with E-state index in [-0.39, 0.29) is 0 Å². The molecule has 0 bridgehead atoms. The number of hydrogen-bond acceptors (Lipinski definition) is 0. The average molecular weight is 285 g/mol. The van der Waals surface area contributed by atoms with Crippen molar-refractivity contribution in [3.05, 3.63) is 0 Å². The average Bonchev–Trinajstić information content (AvgIpc) is 2.39. The quantitative estimate of drug-likeness (QED) is 0.264. The number of hydrogen-bond donors (Lipinski definition) is 0. The molecule has 1 nitrogen and oxygen atoms in total. The Morgan fingerprint density at radius 3 is 1.30 bits per heavy atom. The predicted octanol–water partition coefficient (Wildman–Crippen LogP) is 6.17. The second-order valence-corrected chi connectivity index (χ2v) is 7.49. The molecule has 0 fully saturated rings. The summed E-state index contributed by atoms with van der Waals surface area (Å²) in [6, 6.07) is 0.753. The fourth-order valence-electron chi connectivity index (χ4n) is 2.62. The minimum atomic E-state index is 0.753. The number of rotatable bonds is 14. The summed E-state index contributed by atoms with van der Waals surface area (Å²) < 4.78 is 1.18. The fourth-order valence-corrected chi connectivity index (χ4v) is 2.62. The van der Waals surface area contributed by atoms with E-state index >= 15 is 0 Å². The largest absolute Gasteiger partial charge is 0.327 e. The number of unbranched alkanes of at least 4 members (excludes halogenated alkanes) is 11. The van der Waals surface area contributed by atoms with Gasteiger partial charge in [0.05, 0.1) is 26.7 Å². The van der Waals surface area contributed by atoms with Gasteiger partial charge in [-0.15, -0.1) is 0 Å². The van der Waals surface area contributed by atoms with Crippen LogP contribution in [0.3, 0.4) is 0 Å². The zero-order chi connectivity index (χ0) is 15.3. The van der Waals surface area contributed by atoms with Crippen molar-refractivity contribution in [1.29, 1.82) is 0 Å². The first kappa shape index (κ1) is 20.0. The molecule has 0 amide bonds. The summed E-state index contributed by atoms with van der Waals surface area (Å²) in [7, 11) is 4.73. The Labute approximate surface area is 129 Å². The molecule has 0 aromatic heterocycles. The Bertz CT molecular complexity index is 196. The van der Waals surface area contributed by atoms with Crippen molar-refractivity contribution in [3.8, 4) is 0 Å². The summed E-state index contributed by atoms with van der Waals surface area (Å²) in [6.45, 7) is 8.30. The van der Waals surface area contributed by atoms with Gasteiger partial charge in [0.15, 0.2) is 0 Å². The Morgan fingerprint density at radius 2 is 0.950 bits per heavy atom. The molecule has 0 aromatic carbocycles. The van der Waals surface area contributed by atoms with E-state index in [2.05, 4.69) is 34.9 Å². The van der Waals surface area contributed by atoms with E-state index < -0.39 is 0 Å². The molecular weight excluding hydrogens is 242 g/mol. The maximum Gasteiger partial charge on any atom is 0.0829 e. The van der Waals surface area contributed by atoms with Crippen LogP contribution in [0.2, 0.25) is 0 Å². The third-order valence-electron chi connectivity index (χ3n) is 4.99. The summed E-state index contributed by atoms with van der Waals surface area (Å²) in [5, 5.41) is 0. The normalized spacial score (nSPS) is 12.3. The van der Waals surface area contributed by atoms with Crippen LogP contribution in [0.1, 0.15) is 97.8 Å². The molecule has 0 spiro atoms. The molecule has 0 saturated carbocycles. The zero-order valence-electron chi connectivity index (χ0n) is 15.2. The molecule has 0 saturated heterocycles. The molecule has 0 rings (SSSR count). The van der Waals surface area contributed by atoms with E-state index in [1.54, 1.807) is 0 Å². The number of quaternary nitrogens is 1. The van der Waals surface area contributed by atoms with Crippen LogP contribution in [0.25, 0.3) is 0 Å². The highest BCUT2D eigenvalue weighted by Crippen LogP contribution is 2.13. The lowest BCUT2D eigenvalue weighted by Gasteiger charge is -2.34. The summed E-state index contributed by atoms with van der Waals surface area (Å²) in [5.74, 6) is 0. The van der Waals surface area contributed by atoms with Gasteiger partial charge < -0.3 is 4.48 Å². The molecule has 0 aliphatic rings. The standard InChI is InChI=1S/C19H42N/c1-6-7-8-9-10-11-12-13-14-15-16-17-18-20(4,5)19(2)3/h19H,6-18H2,1-5H3/q+1. The van der Waals surface area contributed by atoms with Gasteiger partial charge in [-0.2, -0.15) is 0 Å². The van der Waals surface area contributed by atoms with Crippen LogP contribution < -0.4 is 0 Å². The topological polar surface area (TPSA) is 0 Å². The molecule has 122 valence electrons. The van der Waals surface area contributed by atoms with Gasteiger partial charge in [-0.1, -0.05) is 71.1 Å². The van der Waals surface area contributed by atoms with Crippen molar-refractivity contribution in [2.45, 2.75) is 104 Å². The first-order valence-corrected chi connectivity index (χ1v) is 9.33. The molecule has 0 aliphatic carbocycles. The van der Waals surface area contributed by atoms with Crippen LogP contribution in [-0.2, 0) is 0 Å². The van der Waals surface area contributed by atoms with Crippen LogP contribution in [0.4, 0.5) is 0 Å². The molecule has 0 radical (unpaired) electrons. The second-order valence-electron chi connectivity index (χ2n) is 7.49. The van der Waals surface area contributed by atoms with Gasteiger partial charge in [-0.3, -0.25) is 0 Å². The Balaban J connectivity index is 3.17. The van der Waals surface area contributed by atoms with E-state index in [1.165, 1.54) is 88.1 Å². The van der Waals surface area contributed by atoms with E-state index in [0.29, 0.717) is 0 Å². The molecule has 0 aliphatic heterocycles. The van der Waals surface area contributed by atoms with Crippen molar-refractivity contribution in [2.75, 3.05) is 20.6 Å². The van der Waals surface area contributed by atoms with E-state index in [4.69, 9.17) is 0 Å². The van der Waals surface area contributed by atoms with Crippen LogP contribution in [0.15, 0.2) is 0 Å². The first-order valence-electron chi connectivity index (χ1n) is 9.33. The molecule has 0 N–H and O–H groups in total. The van der Waals surface area contributed by atoms with Gasteiger partial charge in [-0.05, 0) is 26.7 Å². The smallest absolute Gasteiger partial charge is 0.0829 e. The zero-order valence-corrected chi connectivity index (χ0v) is 15.2. The molecular formula is C19H42N+.